The van der Waals surface area contributed by atoms with E-state index in [1.807, 2.05) is 0 Å². The second-order valence-electron chi connectivity index (χ2n) is 24.0. The summed E-state index contributed by atoms with van der Waals surface area (Å²) >= 11 is 0. The summed E-state index contributed by atoms with van der Waals surface area (Å²) in [6.07, 6.45) is -64.5. The maximum atomic E-state index is 13.1. The van der Waals surface area contributed by atoms with Crippen molar-refractivity contribution in [1.29, 1.82) is 0 Å². The number of ether oxygens (including phenoxy) is 13. The number of aliphatic hydroxyl groups is 20. The summed E-state index contributed by atoms with van der Waals surface area (Å²) in [5.41, 5.74) is 0. The molecular weight excluding hydrogens is 1320 g/mol. The largest absolute Gasteiger partial charge is 0.477 e. The molecule has 4 amide bonds. The van der Waals surface area contributed by atoms with Crippen molar-refractivity contribution in [2.45, 2.75) is 254 Å². The van der Waals surface area contributed by atoms with Crippen LogP contribution in [0.4, 0.5) is 0 Å². The molecule has 0 aromatic heterocycles. The lowest BCUT2D eigenvalue weighted by Gasteiger charge is -2.51. The molecule has 0 saturated carbocycles. The third kappa shape index (κ3) is 17.5. The highest BCUT2D eigenvalue weighted by Crippen LogP contribution is 2.40. The third-order valence-electron chi connectivity index (χ3n) is 17.1. The van der Waals surface area contributed by atoms with Gasteiger partial charge in [0.1, 0.15) is 165 Å². The number of aliphatic carboxylic acids is 1. The highest BCUT2D eigenvalue weighted by molar-refractivity contribution is 5.77. The van der Waals surface area contributed by atoms with Crippen molar-refractivity contribution in [2.75, 3.05) is 46.2 Å². The van der Waals surface area contributed by atoms with Crippen molar-refractivity contribution >= 4 is 29.6 Å². The zero-order valence-electron chi connectivity index (χ0n) is 51.6. The summed E-state index contributed by atoms with van der Waals surface area (Å²) in [7, 11) is 0. The molecular formula is C53H88N4O39. The molecule has 96 heavy (non-hydrogen) atoms. The first-order valence-electron chi connectivity index (χ1n) is 30.2. The monoisotopic (exact) mass is 1400 g/mol. The van der Waals surface area contributed by atoms with Gasteiger partial charge in [-0.25, -0.2) is 4.79 Å². The summed E-state index contributed by atoms with van der Waals surface area (Å²) in [6.45, 7) is -3.55. The minimum absolute atomic E-state index is 0.729. The number of carbonyl (C=O) groups excluding carboxylic acids is 4. The Morgan fingerprint density at radius 2 is 0.823 bits per heavy atom. The molecule has 0 aromatic carbocycles. The van der Waals surface area contributed by atoms with Crippen LogP contribution < -0.4 is 21.3 Å². The number of amides is 4. The van der Waals surface area contributed by atoms with Crippen LogP contribution in [-0.2, 0) is 85.6 Å². The van der Waals surface area contributed by atoms with Gasteiger partial charge < -0.3 is 190 Å². The summed E-state index contributed by atoms with van der Waals surface area (Å²) in [4.78, 5) is 62.5. The molecule has 0 unspecified atom stereocenters. The topological polar surface area (TPSA) is 678 Å². The van der Waals surface area contributed by atoms with Crippen molar-refractivity contribution < 1.29 is 193 Å². The van der Waals surface area contributed by atoms with E-state index in [-0.39, 0.29) is 0 Å². The molecule has 43 heteroatoms. The van der Waals surface area contributed by atoms with Gasteiger partial charge in [-0.05, 0) is 0 Å². The van der Waals surface area contributed by atoms with Gasteiger partial charge in [-0.1, -0.05) is 0 Å². The van der Waals surface area contributed by atoms with Crippen LogP contribution >= 0.6 is 0 Å². The van der Waals surface area contributed by atoms with Gasteiger partial charge >= 0.3 is 5.97 Å². The first-order chi connectivity index (χ1) is 45.2. The normalized spacial score (nSPS) is 46.0. The first kappa shape index (κ1) is 79.4. The van der Waals surface area contributed by atoms with Crippen LogP contribution in [0.3, 0.4) is 0 Å². The SMILES string of the molecule is CC(=O)N[C@@H]1[C@@H](O)[C@H](O[C@@H]2O[C@H](CO)[C@@H](O[C@@H]3O[C@H](CO[C@H]4O[C@H](CO)[C@@H](O)[C@H](O)[C@@H]4O[C@@H]4O[C@H](CO)[C@@H](O[C@@H]5O[C@H](CO)[C@H](O)[C@H](O[C@]6(C(=O)O)C[C@H](O)[C@@H](NC(C)=O)[C@H]([C@H](O)[C@H](O)CO)O6)[C@H]5O)[C@H](O)[C@H]4NC(C)=O)[C@@H](O)[C@H](O)[C@@H]3O)[C@H](O)[C@H]2NC(C)=O)[C@@H](CO)O[C@H]1O. The molecule has 7 aliphatic rings. The second-order valence-corrected chi connectivity index (χ2v) is 24.0. The summed E-state index contributed by atoms with van der Waals surface area (Å²) in [5.74, 6) is -8.71. The molecule has 0 aliphatic carbocycles. The Kier molecular flexibility index (Phi) is 28.2. The number of carboxylic acid groups (broad SMARTS) is 1. The van der Waals surface area contributed by atoms with Gasteiger partial charge in [0.05, 0.1) is 58.4 Å². The van der Waals surface area contributed by atoms with Crippen molar-refractivity contribution in [2.24, 2.45) is 0 Å². The molecule has 554 valence electrons. The fraction of sp³-hybridized carbons (Fsp3) is 0.906. The van der Waals surface area contributed by atoms with E-state index in [2.05, 4.69) is 21.3 Å². The van der Waals surface area contributed by atoms with Gasteiger partial charge in [0.2, 0.25) is 23.6 Å². The minimum Gasteiger partial charge on any atom is -0.477 e. The van der Waals surface area contributed by atoms with Crippen LogP contribution in [0.25, 0.3) is 0 Å². The fourth-order valence-corrected chi connectivity index (χ4v) is 12.2. The average molecular weight is 1410 g/mol. The van der Waals surface area contributed by atoms with Crippen molar-refractivity contribution in [1.82, 2.24) is 21.3 Å². The zero-order chi connectivity index (χ0) is 71.3. The fourth-order valence-electron chi connectivity index (χ4n) is 12.2. The Labute approximate surface area is 543 Å². The highest BCUT2D eigenvalue weighted by atomic mass is 16.8. The van der Waals surface area contributed by atoms with Gasteiger partial charge in [0, 0.05) is 34.1 Å². The first-order valence-corrected chi connectivity index (χ1v) is 30.2. The van der Waals surface area contributed by atoms with Crippen LogP contribution in [0.15, 0.2) is 0 Å². The summed E-state index contributed by atoms with van der Waals surface area (Å²) in [5, 5.41) is 239. The number of hydrogen-bond donors (Lipinski definition) is 25. The molecule has 7 heterocycles. The van der Waals surface area contributed by atoms with E-state index in [1.54, 1.807) is 0 Å². The lowest BCUT2D eigenvalue weighted by Crippen LogP contribution is -2.71. The molecule has 0 bridgehead atoms. The third-order valence-corrected chi connectivity index (χ3v) is 17.1. The number of nitrogens with one attached hydrogen (secondary N) is 4. The predicted molar refractivity (Wildman–Crippen MR) is 295 cm³/mol. The molecule has 7 fully saturated rings. The van der Waals surface area contributed by atoms with Crippen molar-refractivity contribution in [3.63, 3.8) is 0 Å². The Morgan fingerprint density at radius 1 is 0.427 bits per heavy atom. The van der Waals surface area contributed by atoms with E-state index in [9.17, 15) is 131 Å². The lowest BCUT2D eigenvalue weighted by molar-refractivity contribution is -0.390. The van der Waals surface area contributed by atoms with Gasteiger partial charge in [0.15, 0.2) is 37.7 Å². The van der Waals surface area contributed by atoms with Crippen LogP contribution in [-0.4, -0.2) is 403 Å². The van der Waals surface area contributed by atoms with E-state index in [0.717, 1.165) is 27.7 Å². The predicted octanol–water partition coefficient (Wildman–Crippen LogP) is -16.5. The number of carbonyl (C=O) groups is 5. The molecule has 7 aliphatic heterocycles. The van der Waals surface area contributed by atoms with Crippen molar-refractivity contribution in [3.05, 3.63) is 0 Å². The second kappa shape index (κ2) is 34.1. The van der Waals surface area contributed by atoms with E-state index in [0.29, 0.717) is 0 Å². The molecule has 36 atom stereocenters. The average Bonchev–Trinajstić information content (AvgIpc) is 0.771. The van der Waals surface area contributed by atoms with Gasteiger partial charge in [0.25, 0.3) is 5.79 Å². The minimum atomic E-state index is -3.23. The van der Waals surface area contributed by atoms with E-state index >= 15 is 0 Å². The number of carboxylic acids is 1. The number of hydrogen-bond acceptors (Lipinski definition) is 38. The molecule has 43 nitrogen and oxygen atoms in total. The Bertz CT molecular complexity index is 2540. The van der Waals surface area contributed by atoms with Gasteiger partial charge in [-0.3, -0.25) is 19.2 Å². The summed E-state index contributed by atoms with van der Waals surface area (Å²) < 4.78 is 75.3. The molecule has 7 saturated heterocycles. The van der Waals surface area contributed by atoms with Gasteiger partial charge in [-0.15, -0.1) is 0 Å². The lowest BCUT2D eigenvalue weighted by atomic mass is 9.88. The summed E-state index contributed by atoms with van der Waals surface area (Å²) in [6, 6.07) is -6.93. The molecule has 0 radical (unpaired) electrons. The van der Waals surface area contributed by atoms with Crippen LogP contribution in [0.1, 0.15) is 34.1 Å². The van der Waals surface area contributed by atoms with E-state index in [1.165, 1.54) is 0 Å². The van der Waals surface area contributed by atoms with Crippen LogP contribution in [0.5, 0.6) is 0 Å². The van der Waals surface area contributed by atoms with Crippen LogP contribution in [0, 0.1) is 0 Å². The Balaban J connectivity index is 1.09. The Morgan fingerprint density at radius 3 is 1.30 bits per heavy atom. The molecule has 0 aromatic rings. The van der Waals surface area contributed by atoms with Gasteiger partial charge in [-0.2, -0.15) is 0 Å². The molecule has 0 spiro atoms. The number of rotatable bonds is 26. The van der Waals surface area contributed by atoms with Crippen LogP contribution in [0.2, 0.25) is 0 Å². The molecule has 25 N–H and O–H groups in total. The van der Waals surface area contributed by atoms with E-state index in [4.69, 9.17) is 61.6 Å². The highest BCUT2D eigenvalue weighted by Gasteiger charge is 2.62. The van der Waals surface area contributed by atoms with Crippen molar-refractivity contribution in [3.8, 4) is 0 Å². The smallest absolute Gasteiger partial charge is 0.364 e. The number of aliphatic hydroxyl groups excluding tert-OH is 20. The zero-order valence-corrected chi connectivity index (χ0v) is 51.6. The maximum absolute atomic E-state index is 13.1. The van der Waals surface area contributed by atoms with E-state index < -0.39 is 303 Å². The maximum Gasteiger partial charge on any atom is 0.364 e. The Hall–Kier alpha value is -3.97. The molecule has 7 rings (SSSR count). The standard InChI is InChI=1S/C53H88N4O39/c1-13(64)54-25-17(68)5-53(52(82)83,95-43(25)29(70)18(69)6-58)96-44-32(73)20(8-60)86-50(39(44)80)93-42-23(11-63)89-48(28(35(42)76)57-16(4)67)94-45-37(78)30(71)19(7-59)87-51(45)84-12-24-31(72)36(77)38(79)49(90-24)92-41-22(10-62)88-47(27(34(41)75)56-15(3)66)91-40-21(9-61)85-46(81)26(33(40)74)55-14(2)65/h17-51,58-63,68-81H,5-12H2,1-4H3,(H,54,64)(H,55,65)(H,56,66)(H,57,67)(H,82,83)/t17-,18+,19+,20+,21+,22+,23+,24+,25+,26+,27+,28+,29+,30+,31+,32-,33+,34+,35+,36-,37-,38-,39+,40+,41+,42+,43+,44-,45-,46+,47-,48-,49-,50-,51-,53-/m0/s1. The quantitative estimate of drug-likeness (QED) is 0.0382.